The molecule has 0 aliphatic rings. The van der Waals surface area contributed by atoms with Crippen molar-refractivity contribution in [3.05, 3.63) is 11.6 Å². The molecule has 1 aromatic rings. The predicted molar refractivity (Wildman–Crippen MR) is 38.9 cm³/mol. The number of nitrogens with zero attached hydrogens (tertiary/aromatic N) is 2. The Labute approximate surface area is 76.7 Å². The molecule has 8 heteroatoms. The molecule has 0 radical (unpaired) electrons. The minimum absolute atomic E-state index is 0.0347. The van der Waals surface area contributed by atoms with Crippen LogP contribution in [0.2, 0.25) is 0 Å². The van der Waals surface area contributed by atoms with Crippen molar-refractivity contribution in [3.63, 3.8) is 0 Å². The molecule has 0 saturated heterocycles. The highest BCUT2D eigenvalue weighted by molar-refractivity contribution is 5.72. The van der Waals surface area contributed by atoms with E-state index in [0.29, 0.717) is 0 Å². The molecular weight excluding hydrogens is 201 g/mol. The molecule has 1 amide bonds. The Balaban J connectivity index is 2.64. The van der Waals surface area contributed by atoms with Gasteiger partial charge in [0.2, 0.25) is 5.91 Å². The summed E-state index contributed by atoms with van der Waals surface area (Å²) in [5.74, 6) is -1.62. The first-order valence-electron chi connectivity index (χ1n) is 3.62. The smallest absolute Gasteiger partial charge is 0.349 e. The van der Waals surface area contributed by atoms with Crippen molar-refractivity contribution in [1.29, 1.82) is 0 Å². The molecule has 0 unspecified atom stereocenters. The Kier molecular flexibility index (Phi) is 2.73. The molecule has 0 atom stereocenters. The van der Waals surface area contributed by atoms with Crippen LogP contribution < -0.4 is 5.32 Å². The van der Waals surface area contributed by atoms with Crippen LogP contribution in [0.1, 0.15) is 18.6 Å². The summed E-state index contributed by atoms with van der Waals surface area (Å²) in [6, 6.07) is 0. The van der Waals surface area contributed by atoms with Crippen LogP contribution in [0.4, 0.5) is 13.2 Å². The number of hydrogen-bond acceptors (Lipinski definition) is 3. The number of rotatable bonds is 2. The lowest BCUT2D eigenvalue weighted by atomic mass is 10.5. The normalized spacial score (nSPS) is 11.4. The molecule has 1 heterocycles. The molecule has 0 fully saturated rings. The average Bonchev–Trinajstić information content (AvgIpc) is 2.47. The van der Waals surface area contributed by atoms with Crippen molar-refractivity contribution in [1.82, 2.24) is 20.5 Å². The number of aromatic amines is 1. The Bertz CT molecular complexity index is 332. The van der Waals surface area contributed by atoms with Gasteiger partial charge in [0, 0.05) is 6.92 Å². The Morgan fingerprint density at radius 1 is 1.57 bits per heavy atom. The van der Waals surface area contributed by atoms with Crippen molar-refractivity contribution in [2.24, 2.45) is 0 Å². The number of carbonyl (C=O) groups is 1. The highest BCUT2D eigenvalue weighted by Gasteiger charge is 2.35. The van der Waals surface area contributed by atoms with Crippen LogP contribution in [0.25, 0.3) is 0 Å². The second-order valence-corrected chi connectivity index (χ2v) is 2.51. The molecule has 0 aromatic carbocycles. The molecule has 2 N–H and O–H groups in total. The standard InChI is InChI=1S/C6H7F3N4O/c1-3(14)10-2-4-11-5(13-12-4)6(7,8)9/h2H2,1H3,(H,10,14)(H,11,12,13). The zero-order valence-corrected chi connectivity index (χ0v) is 7.14. The van der Waals surface area contributed by atoms with Crippen LogP contribution in [0, 0.1) is 0 Å². The van der Waals surface area contributed by atoms with Gasteiger partial charge >= 0.3 is 6.18 Å². The third-order valence-electron chi connectivity index (χ3n) is 1.29. The van der Waals surface area contributed by atoms with Crippen LogP contribution in [-0.2, 0) is 17.5 Å². The summed E-state index contributed by atoms with van der Waals surface area (Å²) in [6.45, 7) is 1.15. The summed E-state index contributed by atoms with van der Waals surface area (Å²) in [6.07, 6.45) is -4.56. The van der Waals surface area contributed by atoms with E-state index in [1.807, 2.05) is 0 Å². The molecule has 0 spiro atoms. The SMILES string of the molecule is CC(=O)NCc1nc(C(F)(F)F)n[nH]1. The van der Waals surface area contributed by atoms with Gasteiger partial charge < -0.3 is 5.32 Å². The summed E-state index contributed by atoms with van der Waals surface area (Å²) in [4.78, 5) is 13.6. The summed E-state index contributed by atoms with van der Waals surface area (Å²) in [5, 5.41) is 7.31. The van der Waals surface area contributed by atoms with E-state index in [1.165, 1.54) is 6.92 Å². The van der Waals surface area contributed by atoms with Gasteiger partial charge in [-0.2, -0.15) is 13.2 Å². The van der Waals surface area contributed by atoms with Gasteiger partial charge in [0.1, 0.15) is 5.82 Å². The molecule has 1 rings (SSSR count). The van der Waals surface area contributed by atoms with E-state index in [2.05, 4.69) is 20.5 Å². The summed E-state index contributed by atoms with van der Waals surface area (Å²) >= 11 is 0. The number of alkyl halides is 3. The summed E-state index contributed by atoms with van der Waals surface area (Å²) < 4.78 is 35.9. The third kappa shape index (κ3) is 2.71. The number of halogens is 3. The lowest BCUT2D eigenvalue weighted by Crippen LogP contribution is -2.19. The highest BCUT2D eigenvalue weighted by atomic mass is 19.4. The quantitative estimate of drug-likeness (QED) is 0.741. The van der Waals surface area contributed by atoms with Gasteiger partial charge in [-0.1, -0.05) is 0 Å². The third-order valence-corrected chi connectivity index (χ3v) is 1.29. The number of hydrogen-bond donors (Lipinski definition) is 2. The van der Waals surface area contributed by atoms with Crippen LogP contribution in [0.15, 0.2) is 0 Å². The molecule has 14 heavy (non-hydrogen) atoms. The first-order chi connectivity index (χ1) is 6.39. The van der Waals surface area contributed by atoms with Gasteiger partial charge in [-0.15, -0.1) is 5.10 Å². The van der Waals surface area contributed by atoms with Crippen molar-refractivity contribution in [2.75, 3.05) is 0 Å². The molecule has 1 aromatic heterocycles. The first kappa shape index (κ1) is 10.5. The molecule has 5 nitrogen and oxygen atoms in total. The fourth-order valence-corrected chi connectivity index (χ4v) is 0.709. The van der Waals surface area contributed by atoms with Gasteiger partial charge in [0.25, 0.3) is 5.82 Å². The van der Waals surface area contributed by atoms with E-state index in [1.54, 1.807) is 0 Å². The second-order valence-electron chi connectivity index (χ2n) is 2.51. The maximum atomic E-state index is 12.0. The number of aromatic nitrogens is 3. The van der Waals surface area contributed by atoms with Gasteiger partial charge in [-0.25, -0.2) is 4.98 Å². The molecule has 78 valence electrons. The zero-order chi connectivity index (χ0) is 10.8. The molecular formula is C6H7F3N4O. The maximum absolute atomic E-state index is 12.0. The fraction of sp³-hybridized carbons (Fsp3) is 0.500. The van der Waals surface area contributed by atoms with E-state index in [0.717, 1.165) is 0 Å². The minimum atomic E-state index is -4.56. The van der Waals surface area contributed by atoms with Crippen LogP contribution in [0.3, 0.4) is 0 Å². The van der Waals surface area contributed by atoms with E-state index in [4.69, 9.17) is 0 Å². The molecule has 0 saturated carbocycles. The van der Waals surface area contributed by atoms with E-state index in [-0.39, 0.29) is 18.3 Å². The topological polar surface area (TPSA) is 70.7 Å². The lowest BCUT2D eigenvalue weighted by molar-refractivity contribution is -0.144. The predicted octanol–water partition coefficient (Wildman–Crippen LogP) is 0.460. The van der Waals surface area contributed by atoms with E-state index < -0.39 is 12.0 Å². The maximum Gasteiger partial charge on any atom is 0.453 e. The Hall–Kier alpha value is -1.60. The van der Waals surface area contributed by atoms with Crippen molar-refractivity contribution in [2.45, 2.75) is 19.6 Å². The van der Waals surface area contributed by atoms with Crippen LogP contribution in [0.5, 0.6) is 0 Å². The van der Waals surface area contributed by atoms with Gasteiger partial charge in [-0.3, -0.25) is 9.89 Å². The second kappa shape index (κ2) is 3.64. The van der Waals surface area contributed by atoms with Crippen molar-refractivity contribution >= 4 is 5.91 Å². The summed E-state index contributed by atoms with van der Waals surface area (Å²) in [7, 11) is 0. The minimum Gasteiger partial charge on any atom is -0.349 e. The average molecular weight is 208 g/mol. The number of H-pyrrole nitrogens is 1. The number of amides is 1. The zero-order valence-electron chi connectivity index (χ0n) is 7.14. The molecule has 0 aliphatic heterocycles. The van der Waals surface area contributed by atoms with Gasteiger partial charge in [0.05, 0.1) is 6.54 Å². The molecule has 0 bridgehead atoms. The Morgan fingerprint density at radius 3 is 2.64 bits per heavy atom. The Morgan fingerprint density at radius 2 is 2.21 bits per heavy atom. The molecule has 0 aliphatic carbocycles. The largest absolute Gasteiger partial charge is 0.453 e. The van der Waals surface area contributed by atoms with E-state index >= 15 is 0 Å². The van der Waals surface area contributed by atoms with Crippen molar-refractivity contribution in [3.8, 4) is 0 Å². The van der Waals surface area contributed by atoms with Crippen LogP contribution >= 0.6 is 0 Å². The van der Waals surface area contributed by atoms with Crippen LogP contribution in [-0.4, -0.2) is 21.1 Å². The van der Waals surface area contributed by atoms with Gasteiger partial charge in [-0.05, 0) is 0 Å². The van der Waals surface area contributed by atoms with E-state index in [9.17, 15) is 18.0 Å². The van der Waals surface area contributed by atoms with Gasteiger partial charge in [0.15, 0.2) is 0 Å². The summed E-state index contributed by atoms with van der Waals surface area (Å²) in [5.41, 5.74) is 0. The highest BCUT2D eigenvalue weighted by Crippen LogP contribution is 2.25. The monoisotopic (exact) mass is 208 g/mol. The fourth-order valence-electron chi connectivity index (χ4n) is 0.709. The lowest BCUT2D eigenvalue weighted by Gasteiger charge is -1.98. The van der Waals surface area contributed by atoms with Crippen molar-refractivity contribution < 1.29 is 18.0 Å². The number of carbonyl (C=O) groups excluding carboxylic acids is 1. The number of nitrogens with one attached hydrogen (secondary N) is 2. The first-order valence-corrected chi connectivity index (χ1v) is 3.62.